The summed E-state index contributed by atoms with van der Waals surface area (Å²) in [5, 5.41) is 12.3. The van der Waals surface area contributed by atoms with Crippen molar-refractivity contribution >= 4 is 23.4 Å². The molecule has 1 saturated carbocycles. The third-order valence-electron chi connectivity index (χ3n) is 7.11. The molecule has 1 spiro atoms. The summed E-state index contributed by atoms with van der Waals surface area (Å²) in [4.78, 5) is 29.3. The number of nitrogens with zero attached hydrogens (tertiary/aromatic N) is 2. The van der Waals surface area contributed by atoms with Crippen LogP contribution in [0.3, 0.4) is 0 Å². The van der Waals surface area contributed by atoms with Gasteiger partial charge in [0.15, 0.2) is 0 Å². The molecule has 2 aliphatic heterocycles. The third-order valence-corrected chi connectivity index (χ3v) is 7.11. The van der Waals surface area contributed by atoms with Crippen molar-refractivity contribution in [2.24, 2.45) is 5.41 Å². The van der Waals surface area contributed by atoms with Crippen molar-refractivity contribution in [2.45, 2.75) is 77.0 Å². The Labute approximate surface area is 188 Å². The quantitative estimate of drug-likeness (QED) is 0.732. The molecule has 0 radical (unpaired) electrons. The van der Waals surface area contributed by atoms with Crippen LogP contribution in [0.1, 0.15) is 58.8 Å². The number of nitrogens with one attached hydrogen (secondary N) is 1. The smallest absolute Gasteiger partial charge is 0.411 e. The predicted octanol–water partition coefficient (Wildman–Crippen LogP) is 3.91. The van der Waals surface area contributed by atoms with E-state index >= 15 is 0 Å². The fraction of sp³-hybridized carbons (Fsp3) is 0.667. The van der Waals surface area contributed by atoms with Crippen molar-refractivity contribution in [1.29, 1.82) is 0 Å². The maximum absolute atomic E-state index is 15.0. The van der Waals surface area contributed by atoms with Crippen LogP contribution in [0.15, 0.2) is 18.2 Å². The van der Waals surface area contributed by atoms with Crippen molar-refractivity contribution in [3.63, 3.8) is 0 Å². The highest BCUT2D eigenvalue weighted by molar-refractivity contribution is 5.87. The Kier molecular flexibility index (Phi) is 6.60. The zero-order valence-electron chi connectivity index (χ0n) is 19.0. The highest BCUT2D eigenvalue weighted by Gasteiger charge is 2.50. The van der Waals surface area contributed by atoms with Gasteiger partial charge in [0.05, 0.1) is 23.3 Å². The standard InChI is InChI=1S/C24H34FN3O4/c1-16(2)32-23(31)26-17-4-9-21(20(25)14-17)27-12-3-10-24(15-27)11-13-28(22(24)30)18-5-7-19(29)8-6-18/h4,9,14,16,18-19,29H,3,5-8,10-13,15H2,1-2H3,(H,26,31)/t18?,19?,24-/m1/s1. The second-order valence-corrected chi connectivity index (χ2v) is 9.76. The molecule has 7 nitrogen and oxygen atoms in total. The van der Waals surface area contributed by atoms with Gasteiger partial charge < -0.3 is 19.6 Å². The molecule has 2 N–H and O–H groups in total. The Bertz CT molecular complexity index is 856. The SMILES string of the molecule is CC(C)OC(=O)Nc1ccc(N2CCC[C@@]3(CCN(C4CCC(O)CC4)C3=O)C2)c(F)c1. The number of amides is 2. The van der Waals surface area contributed by atoms with Gasteiger partial charge >= 0.3 is 6.09 Å². The summed E-state index contributed by atoms with van der Waals surface area (Å²) in [5.41, 5.74) is 0.337. The molecule has 3 fully saturated rings. The lowest BCUT2D eigenvalue weighted by molar-refractivity contribution is -0.139. The number of anilines is 2. The van der Waals surface area contributed by atoms with Gasteiger partial charge in [-0.25, -0.2) is 9.18 Å². The Morgan fingerprint density at radius 3 is 2.66 bits per heavy atom. The van der Waals surface area contributed by atoms with Gasteiger partial charge in [-0.1, -0.05) is 0 Å². The average Bonchev–Trinajstić information content (AvgIpc) is 3.03. The molecule has 176 valence electrons. The molecule has 1 aromatic rings. The largest absolute Gasteiger partial charge is 0.447 e. The number of hydrogen-bond donors (Lipinski definition) is 2. The van der Waals surface area contributed by atoms with Crippen LogP contribution in [0.25, 0.3) is 0 Å². The number of ether oxygens (including phenoxy) is 1. The molecule has 2 saturated heterocycles. The number of carbonyl (C=O) groups excluding carboxylic acids is 2. The maximum Gasteiger partial charge on any atom is 0.411 e. The van der Waals surface area contributed by atoms with E-state index in [1.165, 1.54) is 6.07 Å². The number of hydrogen-bond acceptors (Lipinski definition) is 5. The molecular weight excluding hydrogens is 413 g/mol. The number of aliphatic hydroxyl groups excluding tert-OH is 1. The molecule has 0 aromatic heterocycles. The van der Waals surface area contributed by atoms with E-state index in [2.05, 4.69) is 5.32 Å². The second-order valence-electron chi connectivity index (χ2n) is 9.76. The highest BCUT2D eigenvalue weighted by Crippen LogP contribution is 2.43. The summed E-state index contributed by atoms with van der Waals surface area (Å²) in [6.07, 6.45) is 4.57. The van der Waals surface area contributed by atoms with E-state index in [0.717, 1.165) is 51.5 Å². The van der Waals surface area contributed by atoms with Crippen LogP contribution in [-0.2, 0) is 9.53 Å². The van der Waals surface area contributed by atoms with Crippen molar-refractivity contribution in [1.82, 2.24) is 4.90 Å². The Morgan fingerprint density at radius 2 is 1.97 bits per heavy atom. The van der Waals surface area contributed by atoms with Gasteiger partial charge in [0.2, 0.25) is 5.91 Å². The van der Waals surface area contributed by atoms with E-state index in [-0.39, 0.29) is 24.2 Å². The van der Waals surface area contributed by atoms with Gasteiger partial charge in [-0.05, 0) is 77.0 Å². The number of carbonyl (C=O) groups is 2. The first-order chi connectivity index (χ1) is 15.3. The minimum absolute atomic E-state index is 0.193. The van der Waals surface area contributed by atoms with Crippen LogP contribution >= 0.6 is 0 Å². The van der Waals surface area contributed by atoms with Gasteiger partial charge in [-0.3, -0.25) is 10.1 Å². The van der Waals surface area contributed by atoms with Crippen molar-refractivity contribution in [2.75, 3.05) is 29.9 Å². The molecule has 8 heteroatoms. The van der Waals surface area contributed by atoms with Crippen molar-refractivity contribution in [3.8, 4) is 0 Å². The van der Waals surface area contributed by atoms with Crippen LogP contribution < -0.4 is 10.2 Å². The number of likely N-dealkylation sites (tertiary alicyclic amines) is 1. The topological polar surface area (TPSA) is 82.1 Å². The van der Waals surface area contributed by atoms with E-state index in [4.69, 9.17) is 4.74 Å². The van der Waals surface area contributed by atoms with Crippen molar-refractivity contribution < 1.29 is 23.8 Å². The number of rotatable bonds is 4. The molecule has 2 amide bonds. The van der Waals surface area contributed by atoms with Crippen LogP contribution in [0, 0.1) is 11.2 Å². The summed E-state index contributed by atoms with van der Waals surface area (Å²) >= 11 is 0. The van der Waals surface area contributed by atoms with E-state index in [9.17, 15) is 19.1 Å². The number of benzene rings is 1. The van der Waals surface area contributed by atoms with E-state index in [0.29, 0.717) is 24.5 Å². The van der Waals surface area contributed by atoms with Gasteiger partial charge in [-0.15, -0.1) is 0 Å². The lowest BCUT2D eigenvalue weighted by Gasteiger charge is -2.41. The first-order valence-corrected chi connectivity index (χ1v) is 11.8. The summed E-state index contributed by atoms with van der Waals surface area (Å²) in [6.45, 7) is 5.45. The molecule has 1 atom stereocenters. The Morgan fingerprint density at radius 1 is 1.22 bits per heavy atom. The molecular formula is C24H34FN3O4. The normalized spacial score (nSPS) is 28.5. The molecule has 2 heterocycles. The molecule has 0 bridgehead atoms. The van der Waals surface area contributed by atoms with Gasteiger partial charge in [0.25, 0.3) is 0 Å². The lowest BCUT2D eigenvalue weighted by Crippen LogP contribution is -2.50. The molecule has 0 unspecified atom stereocenters. The zero-order valence-corrected chi connectivity index (χ0v) is 19.0. The third kappa shape index (κ3) is 4.70. The van der Waals surface area contributed by atoms with Crippen LogP contribution in [-0.4, -0.2) is 59.9 Å². The van der Waals surface area contributed by atoms with Crippen molar-refractivity contribution in [3.05, 3.63) is 24.0 Å². The summed E-state index contributed by atoms with van der Waals surface area (Å²) < 4.78 is 20.0. The summed E-state index contributed by atoms with van der Waals surface area (Å²) in [6, 6.07) is 4.85. The fourth-order valence-corrected chi connectivity index (χ4v) is 5.48. The first-order valence-electron chi connectivity index (χ1n) is 11.8. The number of halogens is 1. The van der Waals surface area contributed by atoms with Gasteiger partial charge in [-0.2, -0.15) is 0 Å². The molecule has 1 aliphatic carbocycles. The minimum atomic E-state index is -0.615. The molecule has 3 aliphatic rings. The number of aliphatic hydroxyl groups is 1. The zero-order chi connectivity index (χ0) is 22.9. The van der Waals surface area contributed by atoms with E-state index < -0.39 is 17.3 Å². The average molecular weight is 448 g/mol. The maximum atomic E-state index is 15.0. The predicted molar refractivity (Wildman–Crippen MR) is 120 cm³/mol. The molecule has 4 rings (SSSR count). The molecule has 1 aromatic carbocycles. The van der Waals surface area contributed by atoms with Gasteiger partial charge in [0.1, 0.15) is 5.82 Å². The second kappa shape index (κ2) is 9.25. The minimum Gasteiger partial charge on any atom is -0.447 e. The Balaban J connectivity index is 1.44. The number of piperidine rings is 1. The van der Waals surface area contributed by atoms with Crippen LogP contribution in [0.4, 0.5) is 20.6 Å². The summed E-state index contributed by atoms with van der Waals surface area (Å²) in [5.74, 6) is -0.230. The molecule has 32 heavy (non-hydrogen) atoms. The summed E-state index contributed by atoms with van der Waals surface area (Å²) in [7, 11) is 0. The van der Waals surface area contributed by atoms with Crippen LogP contribution in [0.2, 0.25) is 0 Å². The van der Waals surface area contributed by atoms with E-state index in [1.54, 1.807) is 26.0 Å². The van der Waals surface area contributed by atoms with Gasteiger partial charge in [0, 0.05) is 31.4 Å². The first kappa shape index (κ1) is 22.8. The van der Waals surface area contributed by atoms with Crippen LogP contribution in [0.5, 0.6) is 0 Å². The van der Waals surface area contributed by atoms with E-state index in [1.807, 2.05) is 9.80 Å². The lowest BCUT2D eigenvalue weighted by atomic mass is 9.78. The monoisotopic (exact) mass is 447 g/mol. The highest BCUT2D eigenvalue weighted by atomic mass is 19.1. The Hall–Kier alpha value is -2.35. The fourth-order valence-electron chi connectivity index (χ4n) is 5.48.